The van der Waals surface area contributed by atoms with Gasteiger partial charge in [-0.1, -0.05) is 23.8 Å². The highest BCUT2D eigenvalue weighted by molar-refractivity contribution is 5.96. The molecule has 0 aliphatic heterocycles. The first-order chi connectivity index (χ1) is 9.61. The number of esters is 1. The minimum Gasteiger partial charge on any atom is -0.507 e. The molecule has 0 fully saturated rings. The molecule has 0 heterocycles. The van der Waals surface area contributed by atoms with Crippen LogP contribution in [0.5, 0.6) is 5.75 Å². The summed E-state index contributed by atoms with van der Waals surface area (Å²) in [6.45, 7) is 1.93. The molecule has 2 aromatic rings. The van der Waals surface area contributed by atoms with Gasteiger partial charge in [-0.05, 0) is 31.2 Å². The quantitative estimate of drug-likeness (QED) is 0.687. The summed E-state index contributed by atoms with van der Waals surface area (Å²) < 4.78 is 4.71. The Kier molecular flexibility index (Phi) is 4.15. The average Bonchev–Trinajstić information content (AvgIpc) is 2.47. The molecular weight excluding hydrogens is 254 g/mol. The minimum absolute atomic E-state index is 0.148. The Morgan fingerprint density at radius 1 is 1.25 bits per heavy atom. The third kappa shape index (κ3) is 3.03. The number of phenols is 1. The third-order valence-electron chi connectivity index (χ3n) is 2.84. The third-order valence-corrected chi connectivity index (χ3v) is 2.84. The van der Waals surface area contributed by atoms with Gasteiger partial charge in [0.1, 0.15) is 5.75 Å². The standard InChI is InChI=1S/C16H15NO3/c1-11-7-8-15(18)12(9-11)10-17-14-6-4-3-5-13(14)16(19)20-2/h3-10,18H,1-2H3. The predicted molar refractivity (Wildman–Crippen MR) is 77.9 cm³/mol. The molecule has 0 saturated carbocycles. The number of benzene rings is 2. The van der Waals surface area contributed by atoms with Crippen LogP contribution in [0.25, 0.3) is 0 Å². The number of ether oxygens (including phenoxy) is 1. The SMILES string of the molecule is COC(=O)c1ccccc1N=Cc1cc(C)ccc1O. The monoisotopic (exact) mass is 269 g/mol. The second kappa shape index (κ2) is 6.02. The second-order valence-electron chi connectivity index (χ2n) is 4.33. The summed E-state index contributed by atoms with van der Waals surface area (Å²) in [7, 11) is 1.33. The van der Waals surface area contributed by atoms with Crippen molar-refractivity contribution in [2.24, 2.45) is 4.99 Å². The molecule has 0 spiro atoms. The van der Waals surface area contributed by atoms with Gasteiger partial charge >= 0.3 is 5.97 Å². The van der Waals surface area contributed by atoms with E-state index in [0.29, 0.717) is 16.8 Å². The molecule has 0 saturated heterocycles. The van der Waals surface area contributed by atoms with E-state index in [2.05, 4.69) is 4.99 Å². The molecule has 2 aromatic carbocycles. The van der Waals surface area contributed by atoms with Crippen LogP contribution >= 0.6 is 0 Å². The van der Waals surface area contributed by atoms with E-state index < -0.39 is 5.97 Å². The van der Waals surface area contributed by atoms with Crippen molar-refractivity contribution in [1.82, 2.24) is 0 Å². The first-order valence-electron chi connectivity index (χ1n) is 6.13. The molecule has 0 aliphatic rings. The number of methoxy groups -OCH3 is 1. The first-order valence-corrected chi connectivity index (χ1v) is 6.13. The lowest BCUT2D eigenvalue weighted by atomic mass is 10.1. The molecule has 0 aliphatic carbocycles. The summed E-state index contributed by atoms with van der Waals surface area (Å²) in [6.07, 6.45) is 1.53. The number of hydrogen-bond donors (Lipinski definition) is 1. The Morgan fingerprint density at radius 3 is 2.75 bits per heavy atom. The number of aromatic hydroxyl groups is 1. The Morgan fingerprint density at radius 2 is 2.00 bits per heavy atom. The van der Waals surface area contributed by atoms with Crippen molar-refractivity contribution in [1.29, 1.82) is 0 Å². The van der Waals surface area contributed by atoms with Gasteiger partial charge in [-0.25, -0.2) is 4.79 Å². The van der Waals surface area contributed by atoms with Crippen LogP contribution in [0, 0.1) is 6.92 Å². The Balaban J connectivity index is 2.37. The van der Waals surface area contributed by atoms with Gasteiger partial charge in [-0.15, -0.1) is 0 Å². The van der Waals surface area contributed by atoms with Crippen molar-refractivity contribution in [2.45, 2.75) is 6.92 Å². The van der Waals surface area contributed by atoms with Crippen LogP contribution in [0.1, 0.15) is 21.5 Å². The largest absolute Gasteiger partial charge is 0.507 e. The van der Waals surface area contributed by atoms with Crippen molar-refractivity contribution in [3.05, 3.63) is 59.2 Å². The van der Waals surface area contributed by atoms with Gasteiger partial charge in [0.2, 0.25) is 0 Å². The minimum atomic E-state index is -0.439. The Bertz CT molecular complexity index is 663. The van der Waals surface area contributed by atoms with E-state index in [9.17, 15) is 9.90 Å². The molecule has 20 heavy (non-hydrogen) atoms. The number of carbonyl (C=O) groups excluding carboxylic acids is 1. The van der Waals surface area contributed by atoms with Crippen LogP contribution < -0.4 is 0 Å². The summed E-state index contributed by atoms with van der Waals surface area (Å²) in [5.41, 5.74) is 2.51. The molecule has 0 radical (unpaired) electrons. The van der Waals surface area contributed by atoms with Gasteiger partial charge in [0.15, 0.2) is 0 Å². The normalized spacial score (nSPS) is 10.7. The molecule has 1 N–H and O–H groups in total. The first kappa shape index (κ1) is 13.8. The molecule has 0 atom stereocenters. The summed E-state index contributed by atoms with van der Waals surface area (Å²) in [5, 5.41) is 9.75. The van der Waals surface area contributed by atoms with Crippen molar-refractivity contribution < 1.29 is 14.6 Å². The van der Waals surface area contributed by atoms with E-state index in [0.717, 1.165) is 5.56 Å². The number of carbonyl (C=O) groups is 1. The molecule has 102 valence electrons. The zero-order valence-electron chi connectivity index (χ0n) is 11.3. The van der Waals surface area contributed by atoms with Crippen molar-refractivity contribution in [3.63, 3.8) is 0 Å². The van der Waals surface area contributed by atoms with E-state index in [4.69, 9.17) is 4.74 Å². The number of phenolic OH excluding ortho intramolecular Hbond substituents is 1. The fraction of sp³-hybridized carbons (Fsp3) is 0.125. The highest BCUT2D eigenvalue weighted by Crippen LogP contribution is 2.21. The maximum atomic E-state index is 11.6. The Labute approximate surface area is 117 Å². The van der Waals surface area contributed by atoms with E-state index in [1.807, 2.05) is 19.1 Å². The number of hydrogen-bond acceptors (Lipinski definition) is 4. The Hall–Kier alpha value is -2.62. The molecule has 0 bridgehead atoms. The maximum Gasteiger partial charge on any atom is 0.340 e. The topological polar surface area (TPSA) is 58.9 Å². The van der Waals surface area contributed by atoms with Crippen LogP contribution in [-0.4, -0.2) is 24.4 Å². The van der Waals surface area contributed by atoms with Crippen LogP contribution in [0.3, 0.4) is 0 Å². The molecule has 2 rings (SSSR count). The molecule has 0 amide bonds. The molecule has 4 heteroatoms. The zero-order chi connectivity index (χ0) is 14.5. The smallest absolute Gasteiger partial charge is 0.340 e. The van der Waals surface area contributed by atoms with Crippen LogP contribution in [-0.2, 0) is 4.74 Å². The average molecular weight is 269 g/mol. The number of aliphatic imine (C=N–C) groups is 1. The van der Waals surface area contributed by atoms with Gasteiger partial charge in [0.25, 0.3) is 0 Å². The van der Waals surface area contributed by atoms with Crippen LogP contribution in [0.15, 0.2) is 47.5 Å². The van der Waals surface area contributed by atoms with Gasteiger partial charge in [0, 0.05) is 11.8 Å². The van der Waals surface area contributed by atoms with Gasteiger partial charge in [-0.3, -0.25) is 4.99 Å². The lowest BCUT2D eigenvalue weighted by Gasteiger charge is -2.03. The van der Waals surface area contributed by atoms with Gasteiger partial charge < -0.3 is 9.84 Å². The highest BCUT2D eigenvalue weighted by Gasteiger charge is 2.09. The number of nitrogens with zero attached hydrogens (tertiary/aromatic N) is 1. The lowest BCUT2D eigenvalue weighted by Crippen LogP contribution is -2.01. The van der Waals surface area contributed by atoms with Gasteiger partial charge in [0.05, 0.1) is 18.4 Å². The number of para-hydroxylation sites is 1. The zero-order valence-corrected chi connectivity index (χ0v) is 11.3. The summed E-state index contributed by atoms with van der Waals surface area (Å²) in [5.74, 6) is -0.291. The van der Waals surface area contributed by atoms with Crippen molar-refractivity contribution in [2.75, 3.05) is 7.11 Å². The van der Waals surface area contributed by atoms with Crippen LogP contribution in [0.2, 0.25) is 0 Å². The molecule has 0 aromatic heterocycles. The summed E-state index contributed by atoms with van der Waals surface area (Å²) >= 11 is 0. The van der Waals surface area contributed by atoms with Crippen LogP contribution in [0.4, 0.5) is 5.69 Å². The highest BCUT2D eigenvalue weighted by atomic mass is 16.5. The molecule has 0 unspecified atom stereocenters. The summed E-state index contributed by atoms with van der Waals surface area (Å²) in [6, 6.07) is 12.1. The fourth-order valence-electron chi connectivity index (χ4n) is 1.79. The number of rotatable bonds is 3. The molecular formula is C16H15NO3. The van der Waals surface area contributed by atoms with Crippen molar-refractivity contribution in [3.8, 4) is 5.75 Å². The lowest BCUT2D eigenvalue weighted by molar-refractivity contribution is 0.0601. The number of aryl methyl sites for hydroxylation is 1. The van der Waals surface area contributed by atoms with Crippen molar-refractivity contribution >= 4 is 17.9 Å². The van der Waals surface area contributed by atoms with E-state index in [-0.39, 0.29) is 5.75 Å². The van der Waals surface area contributed by atoms with E-state index in [1.165, 1.54) is 13.3 Å². The molecule has 4 nitrogen and oxygen atoms in total. The summed E-state index contributed by atoms with van der Waals surface area (Å²) in [4.78, 5) is 15.9. The predicted octanol–water partition coefficient (Wildman–Crippen LogP) is 3.24. The maximum absolute atomic E-state index is 11.6. The van der Waals surface area contributed by atoms with E-state index in [1.54, 1.807) is 30.3 Å². The second-order valence-corrected chi connectivity index (χ2v) is 4.33. The van der Waals surface area contributed by atoms with Gasteiger partial charge in [-0.2, -0.15) is 0 Å². The van der Waals surface area contributed by atoms with E-state index >= 15 is 0 Å². The fourth-order valence-corrected chi connectivity index (χ4v) is 1.79.